The number of nitrogens with zero attached hydrogens (tertiary/aromatic N) is 2. The Morgan fingerprint density at radius 1 is 1.09 bits per heavy atom. The van der Waals surface area contributed by atoms with Crippen molar-refractivity contribution in [1.82, 2.24) is 4.90 Å². The van der Waals surface area contributed by atoms with Crippen molar-refractivity contribution in [3.63, 3.8) is 0 Å². The van der Waals surface area contributed by atoms with Gasteiger partial charge >= 0.3 is 0 Å². The zero-order valence-electron chi connectivity index (χ0n) is 17.8. The van der Waals surface area contributed by atoms with Crippen LogP contribution in [0.1, 0.15) is 11.6 Å². The summed E-state index contributed by atoms with van der Waals surface area (Å²) in [6.45, 7) is -0.404. The highest BCUT2D eigenvalue weighted by Gasteiger charge is 2.27. The Balaban J connectivity index is 1.66. The Morgan fingerprint density at radius 2 is 1.79 bits per heavy atom. The molecule has 0 radical (unpaired) electrons. The normalized spacial score (nSPS) is 12.1. The number of likely N-dealkylation sites (N-methyl/N-ethyl adjacent to an activating group) is 1. The molecule has 0 spiro atoms. The van der Waals surface area contributed by atoms with Gasteiger partial charge in [0.05, 0.1) is 5.69 Å². The summed E-state index contributed by atoms with van der Waals surface area (Å²) in [5.74, 6) is -1.59. The van der Waals surface area contributed by atoms with Gasteiger partial charge in [0, 0.05) is 14.1 Å². The number of nitrogens with two attached hydrogens (primary N) is 1. The number of rotatable bonds is 9. The second-order valence-electron chi connectivity index (χ2n) is 7.05. The first kappa shape index (κ1) is 24.2. The first-order valence-electron chi connectivity index (χ1n) is 9.67. The highest BCUT2D eigenvalue weighted by Crippen LogP contribution is 2.27. The molecular formula is C22H22FN3O5S2. The number of ether oxygens (including phenoxy) is 1. The summed E-state index contributed by atoms with van der Waals surface area (Å²) in [4.78, 5) is 25.6. The summed E-state index contributed by atoms with van der Waals surface area (Å²) in [5.41, 5.74) is 6.09. The third-order valence-corrected chi connectivity index (χ3v) is 8.05. The lowest BCUT2D eigenvalue weighted by atomic mass is 10.0. The van der Waals surface area contributed by atoms with E-state index in [4.69, 9.17) is 10.5 Å². The zero-order chi connectivity index (χ0) is 24.2. The van der Waals surface area contributed by atoms with Gasteiger partial charge in [-0.1, -0.05) is 18.2 Å². The Morgan fingerprint density at radius 3 is 2.36 bits per heavy atom. The van der Waals surface area contributed by atoms with Crippen molar-refractivity contribution >= 4 is 38.9 Å². The lowest BCUT2D eigenvalue weighted by molar-refractivity contribution is -0.139. The van der Waals surface area contributed by atoms with Crippen LogP contribution in [0.15, 0.2) is 70.3 Å². The summed E-state index contributed by atoms with van der Waals surface area (Å²) < 4.78 is 45.6. The molecule has 1 unspecified atom stereocenters. The summed E-state index contributed by atoms with van der Waals surface area (Å²) in [5, 5.41) is 1.68. The van der Waals surface area contributed by atoms with Gasteiger partial charge in [0.15, 0.2) is 6.61 Å². The average molecular weight is 492 g/mol. The molecule has 2 N–H and O–H groups in total. The van der Waals surface area contributed by atoms with Crippen LogP contribution in [0.2, 0.25) is 0 Å². The first-order chi connectivity index (χ1) is 15.6. The number of hydrogen-bond donors (Lipinski definition) is 1. The predicted molar refractivity (Wildman–Crippen MR) is 123 cm³/mol. The van der Waals surface area contributed by atoms with Gasteiger partial charge in [-0.25, -0.2) is 12.8 Å². The van der Waals surface area contributed by atoms with Crippen LogP contribution in [0, 0.1) is 5.82 Å². The minimum absolute atomic E-state index is 0.223. The molecule has 2 amide bonds. The van der Waals surface area contributed by atoms with E-state index in [1.165, 1.54) is 50.5 Å². The van der Waals surface area contributed by atoms with Crippen molar-refractivity contribution in [3.05, 3.63) is 77.4 Å². The topological polar surface area (TPSA) is 110 Å². The molecule has 8 nitrogen and oxygen atoms in total. The van der Waals surface area contributed by atoms with Crippen LogP contribution in [0.5, 0.6) is 5.75 Å². The van der Waals surface area contributed by atoms with Gasteiger partial charge in [0.2, 0.25) is 5.91 Å². The molecule has 11 heteroatoms. The van der Waals surface area contributed by atoms with E-state index < -0.39 is 40.3 Å². The summed E-state index contributed by atoms with van der Waals surface area (Å²) in [6, 6.07) is 13.5. The highest BCUT2D eigenvalue weighted by atomic mass is 32.2. The predicted octanol–water partition coefficient (Wildman–Crippen LogP) is 2.78. The third kappa shape index (κ3) is 5.49. The summed E-state index contributed by atoms with van der Waals surface area (Å²) >= 11 is 1.12. The molecule has 1 aromatic heterocycles. The van der Waals surface area contributed by atoms with Crippen molar-refractivity contribution in [2.45, 2.75) is 10.3 Å². The molecule has 0 saturated carbocycles. The molecule has 0 aliphatic carbocycles. The van der Waals surface area contributed by atoms with Crippen molar-refractivity contribution in [1.29, 1.82) is 0 Å². The van der Waals surface area contributed by atoms with Gasteiger partial charge in [-0.2, -0.15) is 0 Å². The van der Waals surface area contributed by atoms with E-state index in [-0.39, 0.29) is 9.77 Å². The van der Waals surface area contributed by atoms with Gasteiger partial charge in [-0.05, 0) is 53.4 Å². The monoisotopic (exact) mass is 491 g/mol. The molecule has 0 aliphatic rings. The number of sulfonamides is 1. The molecule has 0 bridgehead atoms. The van der Waals surface area contributed by atoms with E-state index in [0.29, 0.717) is 11.4 Å². The first-order valence-corrected chi connectivity index (χ1v) is 12.0. The minimum atomic E-state index is -3.67. The second kappa shape index (κ2) is 10.0. The number of thiophene rings is 1. The van der Waals surface area contributed by atoms with E-state index in [9.17, 15) is 22.4 Å². The quantitative estimate of drug-likeness (QED) is 0.495. The number of halogens is 1. The number of anilines is 1. The largest absolute Gasteiger partial charge is 0.484 e. The molecule has 0 aliphatic heterocycles. The average Bonchev–Trinajstić information content (AvgIpc) is 3.33. The van der Waals surface area contributed by atoms with Crippen molar-refractivity contribution < 1.29 is 27.1 Å². The number of hydrogen-bond acceptors (Lipinski definition) is 6. The van der Waals surface area contributed by atoms with Gasteiger partial charge in [-0.15, -0.1) is 11.3 Å². The number of carbonyl (C=O) groups excluding carboxylic acids is 2. The smallest absolute Gasteiger partial charge is 0.273 e. The maximum atomic E-state index is 13.5. The van der Waals surface area contributed by atoms with Gasteiger partial charge in [0.1, 0.15) is 21.8 Å². The third-order valence-electron chi connectivity index (χ3n) is 4.89. The highest BCUT2D eigenvalue weighted by molar-refractivity contribution is 7.94. The van der Waals surface area contributed by atoms with Gasteiger partial charge in [-0.3, -0.25) is 13.9 Å². The minimum Gasteiger partial charge on any atom is -0.484 e. The molecule has 1 atom stereocenters. The molecule has 3 aromatic rings. The van der Waals surface area contributed by atoms with Crippen molar-refractivity contribution in [2.75, 3.05) is 25.0 Å². The SMILES string of the molecule is CN(C(=O)COc1ccc(N(C)S(=O)(=O)c2cccs2)cc1)C(C(N)=O)c1cccc(F)c1. The maximum Gasteiger partial charge on any atom is 0.273 e. The Bertz CT molecular complexity index is 1230. The Labute approximate surface area is 195 Å². The number of carbonyl (C=O) groups is 2. The molecule has 0 fully saturated rings. The fourth-order valence-corrected chi connectivity index (χ4v) is 5.44. The second-order valence-corrected chi connectivity index (χ2v) is 10.2. The number of benzene rings is 2. The lowest BCUT2D eigenvalue weighted by Gasteiger charge is -2.26. The lowest BCUT2D eigenvalue weighted by Crippen LogP contribution is -2.41. The Hall–Kier alpha value is -3.44. The molecule has 2 aromatic carbocycles. The molecule has 0 saturated heterocycles. The standard InChI is InChI=1S/C22H22FN3O5S2/c1-25(21(22(24)28)15-5-3-6-16(23)13-15)19(27)14-31-18-10-8-17(9-11-18)26(2)33(29,30)20-7-4-12-32-20/h3-13,21H,14H2,1-2H3,(H2,24,28). The van der Waals surface area contributed by atoms with Crippen molar-refractivity contribution in [3.8, 4) is 5.75 Å². The van der Waals surface area contributed by atoms with Gasteiger partial charge in [0.25, 0.3) is 15.9 Å². The molecule has 33 heavy (non-hydrogen) atoms. The van der Waals surface area contributed by atoms with E-state index in [1.54, 1.807) is 23.6 Å². The summed E-state index contributed by atoms with van der Waals surface area (Å²) in [6.07, 6.45) is 0. The van der Waals surface area contributed by atoms with Crippen LogP contribution >= 0.6 is 11.3 Å². The fraction of sp³-hybridized carbons (Fsp3) is 0.182. The van der Waals surface area contributed by atoms with E-state index >= 15 is 0 Å². The van der Waals surface area contributed by atoms with Gasteiger partial charge < -0.3 is 15.4 Å². The van der Waals surface area contributed by atoms with Crippen LogP contribution in [0.3, 0.4) is 0 Å². The van der Waals surface area contributed by atoms with E-state index in [0.717, 1.165) is 26.6 Å². The molecule has 1 heterocycles. The van der Waals surface area contributed by atoms with Crippen LogP contribution in [0.25, 0.3) is 0 Å². The van der Waals surface area contributed by atoms with Crippen molar-refractivity contribution in [2.24, 2.45) is 5.73 Å². The molecular weight excluding hydrogens is 469 g/mol. The zero-order valence-corrected chi connectivity index (χ0v) is 19.5. The molecule has 174 valence electrons. The summed E-state index contributed by atoms with van der Waals surface area (Å²) in [7, 11) is -0.847. The van der Waals surface area contributed by atoms with Crippen LogP contribution in [0.4, 0.5) is 10.1 Å². The Kier molecular flexibility index (Phi) is 7.34. The van der Waals surface area contributed by atoms with Crippen LogP contribution in [-0.4, -0.2) is 45.8 Å². The van der Waals surface area contributed by atoms with Crippen LogP contribution < -0.4 is 14.8 Å². The van der Waals surface area contributed by atoms with E-state index in [2.05, 4.69) is 0 Å². The molecule has 3 rings (SSSR count). The number of amides is 2. The maximum absolute atomic E-state index is 13.5. The fourth-order valence-electron chi connectivity index (χ4n) is 3.08. The van der Waals surface area contributed by atoms with E-state index in [1.807, 2.05) is 0 Å². The van der Waals surface area contributed by atoms with Crippen LogP contribution in [-0.2, 0) is 19.6 Å². The number of primary amides is 1.